The summed E-state index contributed by atoms with van der Waals surface area (Å²) in [7, 11) is 3.34. The predicted molar refractivity (Wildman–Crippen MR) is 140 cm³/mol. The number of pyridine rings is 3. The lowest BCUT2D eigenvalue weighted by molar-refractivity contribution is -0.116. The molecule has 5 aromatic rings. The molecule has 0 aliphatic rings. The minimum Gasteiger partial charge on any atom is -0.345 e. The number of nitrogens with zero attached hydrogens (tertiary/aromatic N) is 7. The van der Waals surface area contributed by atoms with Crippen LogP contribution in [0.3, 0.4) is 0 Å². The van der Waals surface area contributed by atoms with Crippen molar-refractivity contribution in [1.82, 2.24) is 39.7 Å². The van der Waals surface area contributed by atoms with E-state index in [1.807, 2.05) is 26.0 Å². The maximum absolute atomic E-state index is 12.6. The van der Waals surface area contributed by atoms with Crippen molar-refractivity contribution < 1.29 is 9.59 Å². The third-order valence-corrected chi connectivity index (χ3v) is 5.75. The van der Waals surface area contributed by atoms with Crippen molar-refractivity contribution in [3.63, 3.8) is 0 Å². The van der Waals surface area contributed by atoms with Gasteiger partial charge in [0.15, 0.2) is 11.5 Å². The third kappa shape index (κ3) is 4.56. The Morgan fingerprint density at radius 3 is 2.59 bits per heavy atom. The van der Waals surface area contributed by atoms with E-state index in [4.69, 9.17) is 5.84 Å². The van der Waals surface area contributed by atoms with Crippen LogP contribution in [0.1, 0.15) is 30.6 Å². The molecular weight excluding hydrogens is 472 g/mol. The molecule has 0 saturated heterocycles. The first-order chi connectivity index (χ1) is 17.7. The standard InChI is InChI=1S/C25H26N10O2/c1-13(2)5-20(36)30-16-6-14(8-27-10-16)15-7-17-22(33-35(26)24(17)29-9-15)23-31-19-12-28-11-18(21(19)32-23)25(37)34(3)4/h6-13H,5,26H2,1-4H3,(H,30,36)(H,31,32). The van der Waals surface area contributed by atoms with Crippen molar-refractivity contribution in [2.45, 2.75) is 20.3 Å². The molecule has 2 amide bonds. The van der Waals surface area contributed by atoms with E-state index < -0.39 is 0 Å². The van der Waals surface area contributed by atoms with Gasteiger partial charge in [0, 0.05) is 50.2 Å². The Kier molecular flexibility index (Phi) is 5.99. The van der Waals surface area contributed by atoms with Gasteiger partial charge in [0.2, 0.25) is 5.91 Å². The minimum atomic E-state index is -0.206. The molecule has 0 atom stereocenters. The number of hydrogen-bond acceptors (Lipinski definition) is 8. The van der Waals surface area contributed by atoms with E-state index in [2.05, 4.69) is 35.3 Å². The maximum Gasteiger partial charge on any atom is 0.257 e. The second-order valence-electron chi connectivity index (χ2n) is 9.36. The monoisotopic (exact) mass is 498 g/mol. The SMILES string of the molecule is CC(C)CC(=O)Nc1cncc(-c2cnc3c(c2)c(-c2nc4c(C(=O)N(C)C)cncc4[nH]2)nn3N)c1. The number of carbonyl (C=O) groups is 2. The highest BCUT2D eigenvalue weighted by Gasteiger charge is 2.21. The number of carbonyl (C=O) groups excluding carboxylic acids is 2. The van der Waals surface area contributed by atoms with Crippen molar-refractivity contribution in [3.8, 4) is 22.6 Å². The van der Waals surface area contributed by atoms with Crippen molar-refractivity contribution in [2.75, 3.05) is 25.3 Å². The van der Waals surface area contributed by atoms with Crippen molar-refractivity contribution in [3.05, 3.63) is 48.7 Å². The molecule has 37 heavy (non-hydrogen) atoms. The van der Waals surface area contributed by atoms with Crippen LogP contribution in [0, 0.1) is 5.92 Å². The molecule has 5 aromatic heterocycles. The second kappa shape index (κ2) is 9.30. The van der Waals surface area contributed by atoms with Crippen LogP contribution in [0.4, 0.5) is 5.69 Å². The van der Waals surface area contributed by atoms with Gasteiger partial charge >= 0.3 is 0 Å². The van der Waals surface area contributed by atoms with Crippen LogP contribution in [-0.4, -0.2) is 65.6 Å². The van der Waals surface area contributed by atoms with E-state index in [9.17, 15) is 9.59 Å². The zero-order valence-corrected chi connectivity index (χ0v) is 20.9. The number of nitrogens with one attached hydrogen (secondary N) is 2. The van der Waals surface area contributed by atoms with Gasteiger partial charge < -0.3 is 21.0 Å². The molecule has 0 aliphatic carbocycles. The van der Waals surface area contributed by atoms with Crippen LogP contribution in [0.5, 0.6) is 0 Å². The number of nitrogen functional groups attached to an aromatic ring is 1. The zero-order chi connectivity index (χ0) is 26.3. The van der Waals surface area contributed by atoms with Gasteiger partial charge in [0.25, 0.3) is 5.91 Å². The summed E-state index contributed by atoms with van der Waals surface area (Å²) in [5.74, 6) is 6.50. The summed E-state index contributed by atoms with van der Waals surface area (Å²) in [6.07, 6.45) is 8.49. The Morgan fingerprint density at radius 2 is 1.84 bits per heavy atom. The van der Waals surface area contributed by atoms with Crippen molar-refractivity contribution >= 4 is 39.6 Å². The molecule has 12 heteroatoms. The molecule has 0 unspecified atom stereocenters. The van der Waals surface area contributed by atoms with Gasteiger partial charge in [-0.3, -0.25) is 19.6 Å². The number of nitrogens with two attached hydrogens (primary N) is 1. The van der Waals surface area contributed by atoms with Gasteiger partial charge in [0.1, 0.15) is 11.2 Å². The lowest BCUT2D eigenvalue weighted by Crippen LogP contribution is -2.22. The van der Waals surface area contributed by atoms with Gasteiger partial charge in [-0.25, -0.2) is 9.97 Å². The van der Waals surface area contributed by atoms with Gasteiger partial charge in [-0.2, -0.15) is 4.79 Å². The van der Waals surface area contributed by atoms with E-state index in [0.29, 0.717) is 51.3 Å². The van der Waals surface area contributed by atoms with Crippen LogP contribution in [0.2, 0.25) is 0 Å². The molecule has 0 aromatic carbocycles. The van der Waals surface area contributed by atoms with E-state index in [1.54, 1.807) is 38.9 Å². The molecule has 0 bridgehead atoms. The topological polar surface area (TPSA) is 161 Å². The highest BCUT2D eigenvalue weighted by atomic mass is 16.2. The van der Waals surface area contributed by atoms with E-state index in [1.165, 1.54) is 15.9 Å². The number of anilines is 1. The Hall–Kier alpha value is -4.87. The first-order valence-corrected chi connectivity index (χ1v) is 11.7. The molecule has 5 heterocycles. The first kappa shape index (κ1) is 23.9. The number of aromatic amines is 1. The lowest BCUT2D eigenvalue weighted by atomic mass is 10.1. The maximum atomic E-state index is 12.6. The number of aromatic nitrogens is 7. The Balaban J connectivity index is 1.56. The third-order valence-electron chi connectivity index (χ3n) is 5.75. The minimum absolute atomic E-state index is 0.0688. The molecule has 0 fully saturated rings. The van der Waals surface area contributed by atoms with E-state index in [-0.39, 0.29) is 17.7 Å². The lowest BCUT2D eigenvalue weighted by Gasteiger charge is -2.09. The Bertz CT molecular complexity index is 1650. The average molecular weight is 499 g/mol. The first-order valence-electron chi connectivity index (χ1n) is 11.7. The summed E-state index contributed by atoms with van der Waals surface area (Å²) in [6.45, 7) is 3.98. The zero-order valence-electron chi connectivity index (χ0n) is 20.9. The fourth-order valence-electron chi connectivity index (χ4n) is 4.05. The van der Waals surface area contributed by atoms with Crippen LogP contribution in [0.25, 0.3) is 44.7 Å². The van der Waals surface area contributed by atoms with Gasteiger partial charge in [-0.15, -0.1) is 5.10 Å². The number of H-pyrrole nitrogens is 1. The number of fused-ring (bicyclic) bond motifs is 2. The average Bonchev–Trinajstić information content (AvgIpc) is 3.43. The summed E-state index contributed by atoms with van der Waals surface area (Å²) < 4.78 is 0. The summed E-state index contributed by atoms with van der Waals surface area (Å²) in [6, 6.07) is 3.73. The summed E-state index contributed by atoms with van der Waals surface area (Å²) >= 11 is 0. The smallest absolute Gasteiger partial charge is 0.257 e. The fourth-order valence-corrected chi connectivity index (χ4v) is 4.05. The van der Waals surface area contributed by atoms with Gasteiger partial charge in [-0.05, 0) is 18.1 Å². The highest BCUT2D eigenvalue weighted by molar-refractivity contribution is 6.05. The number of imidazole rings is 1. The molecule has 5 rings (SSSR count). The van der Waals surface area contributed by atoms with E-state index in [0.717, 1.165) is 11.1 Å². The van der Waals surface area contributed by atoms with Crippen LogP contribution >= 0.6 is 0 Å². The normalized spacial score (nSPS) is 11.4. The van der Waals surface area contributed by atoms with Crippen LogP contribution in [0.15, 0.2) is 43.1 Å². The Labute approximate surface area is 211 Å². The predicted octanol–water partition coefficient (Wildman–Crippen LogP) is 2.83. The fraction of sp³-hybridized carbons (Fsp3) is 0.240. The Morgan fingerprint density at radius 1 is 1.08 bits per heavy atom. The molecule has 12 nitrogen and oxygen atoms in total. The number of hydrogen-bond donors (Lipinski definition) is 3. The molecule has 188 valence electrons. The summed E-state index contributed by atoms with van der Waals surface area (Å²) in [5, 5.41) is 7.98. The van der Waals surface area contributed by atoms with Gasteiger partial charge in [0.05, 0.1) is 34.5 Å². The van der Waals surface area contributed by atoms with Crippen LogP contribution in [-0.2, 0) is 4.79 Å². The van der Waals surface area contributed by atoms with Crippen LogP contribution < -0.4 is 11.2 Å². The molecule has 0 saturated carbocycles. The summed E-state index contributed by atoms with van der Waals surface area (Å²) in [5.41, 5.74) is 4.51. The molecular formula is C25H26N10O2. The van der Waals surface area contributed by atoms with Gasteiger partial charge in [-0.1, -0.05) is 13.8 Å². The molecule has 0 spiro atoms. The largest absolute Gasteiger partial charge is 0.345 e. The van der Waals surface area contributed by atoms with E-state index >= 15 is 0 Å². The van der Waals surface area contributed by atoms with Crippen molar-refractivity contribution in [1.29, 1.82) is 0 Å². The highest BCUT2D eigenvalue weighted by Crippen LogP contribution is 2.31. The molecule has 4 N–H and O–H groups in total. The second-order valence-corrected chi connectivity index (χ2v) is 9.36. The summed E-state index contributed by atoms with van der Waals surface area (Å²) in [4.78, 5) is 48.3. The number of rotatable bonds is 6. The molecule has 0 radical (unpaired) electrons. The molecule has 0 aliphatic heterocycles. The quantitative estimate of drug-likeness (QED) is 0.301. The van der Waals surface area contributed by atoms with Crippen molar-refractivity contribution in [2.24, 2.45) is 5.92 Å². The number of amides is 2.